The molecule has 144 valence electrons. The predicted octanol–water partition coefficient (Wildman–Crippen LogP) is 3.49. The van der Waals surface area contributed by atoms with Gasteiger partial charge in [-0.3, -0.25) is 4.79 Å². The highest BCUT2D eigenvalue weighted by molar-refractivity contribution is 5.75. The third kappa shape index (κ3) is 4.47. The summed E-state index contributed by atoms with van der Waals surface area (Å²) in [6.07, 6.45) is -2.12. The molecule has 5 nitrogen and oxygen atoms in total. The zero-order valence-electron chi connectivity index (χ0n) is 14.8. The minimum absolute atomic E-state index is 0.0533. The Morgan fingerprint density at radius 2 is 2.00 bits per heavy atom. The monoisotopic (exact) mass is 372 g/mol. The molecule has 0 saturated heterocycles. The lowest BCUT2D eigenvalue weighted by molar-refractivity contribution is -0.141. The smallest absolute Gasteiger partial charge is 0.416 e. The fourth-order valence-electron chi connectivity index (χ4n) is 3.15. The van der Waals surface area contributed by atoms with Gasteiger partial charge in [-0.1, -0.05) is 31.5 Å². The summed E-state index contributed by atoms with van der Waals surface area (Å²) in [6.45, 7) is 1.78. The Hall–Kier alpha value is -2.25. The molecule has 1 fully saturated rings. The molecular weight excluding hydrogens is 349 g/mol. The van der Waals surface area contributed by atoms with Gasteiger partial charge in [0.2, 0.25) is 0 Å². The first kappa shape index (κ1) is 20.1. The largest absolute Gasteiger partial charge is 0.481 e. The van der Waals surface area contributed by atoms with Gasteiger partial charge in [-0.05, 0) is 24.5 Å². The summed E-state index contributed by atoms with van der Waals surface area (Å²) in [5, 5.41) is 11.6. The second-order valence-electron chi connectivity index (χ2n) is 6.99. The van der Waals surface area contributed by atoms with Crippen molar-refractivity contribution in [3.63, 3.8) is 0 Å². The lowest BCUT2D eigenvalue weighted by atomic mass is 9.64. The Bertz CT molecular complexity index is 672. The van der Waals surface area contributed by atoms with E-state index in [4.69, 9.17) is 5.11 Å². The van der Waals surface area contributed by atoms with E-state index >= 15 is 0 Å². The second-order valence-corrected chi connectivity index (χ2v) is 6.99. The SMILES string of the molecule is CC(CN(C)C(=O)NCC1(c2cccc(C(F)(F)F)c2)CCC1)C(=O)O. The first-order valence-electron chi connectivity index (χ1n) is 8.45. The van der Waals surface area contributed by atoms with Gasteiger partial charge in [-0.15, -0.1) is 0 Å². The van der Waals surface area contributed by atoms with Crippen LogP contribution >= 0.6 is 0 Å². The molecule has 0 aliphatic heterocycles. The van der Waals surface area contributed by atoms with Gasteiger partial charge in [0.15, 0.2) is 0 Å². The van der Waals surface area contributed by atoms with Gasteiger partial charge in [0.25, 0.3) is 0 Å². The summed E-state index contributed by atoms with van der Waals surface area (Å²) in [4.78, 5) is 24.3. The molecule has 1 atom stereocenters. The molecule has 1 aromatic carbocycles. The van der Waals surface area contributed by atoms with Crippen molar-refractivity contribution in [1.29, 1.82) is 0 Å². The zero-order chi connectivity index (χ0) is 19.5. The van der Waals surface area contributed by atoms with E-state index < -0.39 is 35.1 Å². The average molecular weight is 372 g/mol. The van der Waals surface area contributed by atoms with Crippen molar-refractivity contribution in [2.24, 2.45) is 5.92 Å². The molecule has 8 heteroatoms. The number of carbonyl (C=O) groups is 2. The minimum Gasteiger partial charge on any atom is -0.481 e. The molecule has 1 aliphatic rings. The lowest BCUT2D eigenvalue weighted by Gasteiger charge is -2.43. The maximum absolute atomic E-state index is 13.0. The number of aliphatic carboxylic acids is 1. The Morgan fingerprint density at radius 3 is 2.50 bits per heavy atom. The van der Waals surface area contributed by atoms with Crippen molar-refractivity contribution in [3.05, 3.63) is 35.4 Å². The standard InChI is InChI=1S/C18H23F3N2O3/c1-12(15(24)25)10-23(2)16(26)22-11-17(7-4-8-17)13-5-3-6-14(9-13)18(19,20)21/h3,5-6,9,12H,4,7-8,10-11H2,1-2H3,(H,22,26)(H,24,25). The number of carbonyl (C=O) groups excluding carboxylic acids is 1. The summed E-state index contributed by atoms with van der Waals surface area (Å²) >= 11 is 0. The van der Waals surface area contributed by atoms with Gasteiger partial charge in [0.1, 0.15) is 0 Å². The van der Waals surface area contributed by atoms with Crippen molar-refractivity contribution >= 4 is 12.0 Å². The van der Waals surface area contributed by atoms with Crippen LogP contribution in [0.25, 0.3) is 0 Å². The summed E-state index contributed by atoms with van der Waals surface area (Å²) in [5.41, 5.74) is -0.628. The number of alkyl halides is 3. The maximum Gasteiger partial charge on any atom is 0.416 e. The van der Waals surface area contributed by atoms with Crippen LogP contribution in [0.2, 0.25) is 0 Å². The summed E-state index contributed by atoms with van der Waals surface area (Å²) in [7, 11) is 1.49. The quantitative estimate of drug-likeness (QED) is 0.803. The molecular formula is C18H23F3N2O3. The number of carboxylic acid groups (broad SMARTS) is 1. The lowest BCUT2D eigenvalue weighted by Crippen LogP contribution is -2.49. The molecule has 26 heavy (non-hydrogen) atoms. The molecule has 0 bridgehead atoms. The molecule has 1 aliphatic carbocycles. The van der Waals surface area contributed by atoms with Gasteiger partial charge in [0, 0.05) is 25.6 Å². The molecule has 0 spiro atoms. The van der Waals surface area contributed by atoms with Crippen molar-refractivity contribution in [3.8, 4) is 0 Å². The topological polar surface area (TPSA) is 69.6 Å². The van der Waals surface area contributed by atoms with Crippen molar-refractivity contribution in [2.45, 2.75) is 37.8 Å². The van der Waals surface area contributed by atoms with Crippen LogP contribution in [0.15, 0.2) is 24.3 Å². The summed E-state index contributed by atoms with van der Waals surface area (Å²) in [6, 6.07) is 4.81. The molecule has 1 saturated carbocycles. The minimum atomic E-state index is -4.41. The maximum atomic E-state index is 13.0. The van der Waals surface area contributed by atoms with Crippen molar-refractivity contribution in [2.75, 3.05) is 20.1 Å². The highest BCUT2D eigenvalue weighted by Gasteiger charge is 2.40. The van der Waals surface area contributed by atoms with Gasteiger partial charge < -0.3 is 15.3 Å². The third-order valence-corrected chi connectivity index (χ3v) is 5.01. The summed E-state index contributed by atoms with van der Waals surface area (Å²) in [5.74, 6) is -1.70. The van der Waals surface area contributed by atoms with Crippen LogP contribution in [0, 0.1) is 5.92 Å². The highest BCUT2D eigenvalue weighted by atomic mass is 19.4. The number of carboxylic acids is 1. The van der Waals surface area contributed by atoms with Crippen LogP contribution < -0.4 is 5.32 Å². The normalized spacial score (nSPS) is 17.1. The Morgan fingerprint density at radius 1 is 1.35 bits per heavy atom. The fourth-order valence-corrected chi connectivity index (χ4v) is 3.15. The number of amides is 2. The average Bonchev–Trinajstić information content (AvgIpc) is 2.52. The molecule has 0 heterocycles. The van der Waals surface area contributed by atoms with E-state index in [9.17, 15) is 22.8 Å². The molecule has 1 aromatic rings. The van der Waals surface area contributed by atoms with Crippen LogP contribution in [0.3, 0.4) is 0 Å². The number of hydrogen-bond donors (Lipinski definition) is 2. The number of benzene rings is 1. The second kappa shape index (κ2) is 7.55. The summed E-state index contributed by atoms with van der Waals surface area (Å²) < 4.78 is 38.9. The van der Waals surface area contributed by atoms with Gasteiger partial charge in [-0.25, -0.2) is 4.79 Å². The molecule has 2 amide bonds. The van der Waals surface area contributed by atoms with Crippen LogP contribution in [-0.4, -0.2) is 42.1 Å². The van der Waals surface area contributed by atoms with Crippen molar-refractivity contribution < 1.29 is 27.9 Å². The highest BCUT2D eigenvalue weighted by Crippen LogP contribution is 2.44. The molecule has 2 rings (SSSR count). The molecule has 0 radical (unpaired) electrons. The van der Waals surface area contributed by atoms with E-state index in [1.807, 2.05) is 0 Å². The Labute approximate surface area is 150 Å². The fraction of sp³-hybridized carbons (Fsp3) is 0.556. The van der Waals surface area contributed by atoms with E-state index in [1.54, 1.807) is 6.07 Å². The molecule has 2 N–H and O–H groups in total. The Kier molecular flexibility index (Phi) is 5.83. The number of nitrogens with zero attached hydrogens (tertiary/aromatic N) is 1. The molecule has 0 aromatic heterocycles. The van der Waals surface area contributed by atoms with E-state index in [2.05, 4.69) is 5.32 Å². The van der Waals surface area contributed by atoms with E-state index in [-0.39, 0.29) is 13.1 Å². The van der Waals surface area contributed by atoms with E-state index in [0.29, 0.717) is 18.4 Å². The van der Waals surface area contributed by atoms with E-state index in [1.165, 1.54) is 24.9 Å². The van der Waals surface area contributed by atoms with Gasteiger partial charge in [0.05, 0.1) is 11.5 Å². The van der Waals surface area contributed by atoms with Crippen molar-refractivity contribution in [1.82, 2.24) is 10.2 Å². The number of nitrogens with one attached hydrogen (secondary N) is 1. The van der Waals surface area contributed by atoms with Gasteiger partial charge >= 0.3 is 18.2 Å². The number of rotatable bonds is 6. The van der Waals surface area contributed by atoms with Gasteiger partial charge in [-0.2, -0.15) is 13.2 Å². The number of urea groups is 1. The zero-order valence-corrected chi connectivity index (χ0v) is 14.8. The number of hydrogen-bond acceptors (Lipinski definition) is 2. The van der Waals surface area contributed by atoms with Crippen LogP contribution in [-0.2, 0) is 16.4 Å². The van der Waals surface area contributed by atoms with E-state index in [0.717, 1.165) is 18.6 Å². The van der Waals surface area contributed by atoms with Crippen LogP contribution in [0.4, 0.5) is 18.0 Å². The Balaban J connectivity index is 2.05. The predicted molar refractivity (Wildman–Crippen MR) is 89.8 cm³/mol. The molecule has 1 unspecified atom stereocenters. The first-order valence-corrected chi connectivity index (χ1v) is 8.45. The van der Waals surface area contributed by atoms with Crippen LogP contribution in [0.1, 0.15) is 37.3 Å². The third-order valence-electron chi connectivity index (χ3n) is 5.01. The first-order chi connectivity index (χ1) is 12.0. The number of halogens is 3. The van der Waals surface area contributed by atoms with Crippen LogP contribution in [0.5, 0.6) is 0 Å².